The minimum absolute atomic E-state index is 0.390. The molecule has 0 spiro atoms. The Labute approximate surface area is 126 Å². The molecule has 0 aliphatic rings. The molecule has 1 N–H and O–H groups in total. The highest BCUT2D eigenvalue weighted by Gasteiger charge is 2.13. The van der Waals surface area contributed by atoms with Gasteiger partial charge in [-0.2, -0.15) is 0 Å². The predicted octanol–water partition coefficient (Wildman–Crippen LogP) is 4.09. The Morgan fingerprint density at radius 2 is 1.68 bits per heavy atom. The van der Waals surface area contributed by atoms with Crippen LogP contribution in [0.15, 0.2) is 69.5 Å². The lowest BCUT2D eigenvalue weighted by molar-refractivity contribution is 0.494. The highest BCUT2D eigenvalue weighted by atomic mass is 16.4. The van der Waals surface area contributed by atoms with Gasteiger partial charge in [-0.15, -0.1) is 10.2 Å². The van der Waals surface area contributed by atoms with E-state index in [2.05, 4.69) is 15.5 Å². The van der Waals surface area contributed by atoms with E-state index in [1.54, 1.807) is 0 Å². The van der Waals surface area contributed by atoms with Crippen molar-refractivity contribution in [2.75, 3.05) is 5.32 Å². The fraction of sp³-hybridized carbons (Fsp3) is 0.0588. The van der Waals surface area contributed by atoms with Crippen molar-refractivity contribution >= 4 is 16.7 Å². The van der Waals surface area contributed by atoms with Crippen LogP contribution in [-0.4, -0.2) is 10.2 Å². The normalized spacial score (nSPS) is 10.9. The van der Waals surface area contributed by atoms with E-state index in [1.807, 2.05) is 60.7 Å². The molecule has 5 heteroatoms. The molecule has 4 aromatic rings. The average molecular weight is 291 g/mol. The number of hydrogen-bond donors (Lipinski definition) is 1. The quantitative estimate of drug-likeness (QED) is 0.613. The lowest BCUT2D eigenvalue weighted by Crippen LogP contribution is -1.99. The minimum Gasteiger partial charge on any atom is -0.451 e. The second-order valence-electron chi connectivity index (χ2n) is 4.87. The first kappa shape index (κ1) is 12.6. The number of nitrogens with one attached hydrogen (secondary N) is 1. The third kappa shape index (κ3) is 2.44. The number of furan rings is 1. The van der Waals surface area contributed by atoms with Gasteiger partial charge in [-0.25, -0.2) is 0 Å². The van der Waals surface area contributed by atoms with Crippen molar-refractivity contribution in [3.8, 4) is 11.7 Å². The van der Waals surface area contributed by atoms with Gasteiger partial charge in [0, 0.05) is 11.1 Å². The van der Waals surface area contributed by atoms with E-state index in [1.165, 1.54) is 0 Å². The van der Waals surface area contributed by atoms with Gasteiger partial charge >= 0.3 is 0 Å². The van der Waals surface area contributed by atoms with E-state index in [0.29, 0.717) is 24.1 Å². The Balaban J connectivity index is 1.53. The van der Waals surface area contributed by atoms with Crippen LogP contribution in [0.1, 0.15) is 5.89 Å². The van der Waals surface area contributed by atoms with Crippen molar-refractivity contribution in [3.05, 3.63) is 66.6 Å². The molecule has 0 saturated heterocycles. The van der Waals surface area contributed by atoms with E-state index in [-0.39, 0.29) is 0 Å². The second kappa shape index (κ2) is 5.37. The Hall–Kier alpha value is -3.08. The third-order valence-corrected chi connectivity index (χ3v) is 3.32. The molecular formula is C17H13N3O2. The molecule has 0 fully saturated rings. The zero-order valence-corrected chi connectivity index (χ0v) is 11.7. The van der Waals surface area contributed by atoms with Crippen molar-refractivity contribution in [1.29, 1.82) is 0 Å². The SMILES string of the molecule is c1ccc(NCc2nnc(-c3cc4ccccc4o3)o2)cc1. The molecule has 0 aliphatic carbocycles. The molecule has 0 bridgehead atoms. The number of nitrogens with zero attached hydrogens (tertiary/aromatic N) is 2. The largest absolute Gasteiger partial charge is 0.451 e. The molecule has 5 nitrogen and oxygen atoms in total. The van der Waals surface area contributed by atoms with E-state index >= 15 is 0 Å². The van der Waals surface area contributed by atoms with Gasteiger partial charge in [-0.3, -0.25) is 0 Å². The lowest BCUT2D eigenvalue weighted by atomic mass is 10.2. The van der Waals surface area contributed by atoms with Gasteiger partial charge < -0.3 is 14.2 Å². The summed E-state index contributed by atoms with van der Waals surface area (Å²) >= 11 is 0. The second-order valence-corrected chi connectivity index (χ2v) is 4.87. The molecule has 0 amide bonds. The Bertz CT molecular complexity index is 863. The van der Waals surface area contributed by atoms with Gasteiger partial charge in [0.2, 0.25) is 5.89 Å². The zero-order chi connectivity index (χ0) is 14.8. The van der Waals surface area contributed by atoms with Crippen LogP contribution in [0.4, 0.5) is 5.69 Å². The van der Waals surface area contributed by atoms with E-state index in [4.69, 9.17) is 8.83 Å². The molecule has 0 atom stereocenters. The van der Waals surface area contributed by atoms with Crippen LogP contribution < -0.4 is 5.32 Å². The number of aromatic nitrogens is 2. The van der Waals surface area contributed by atoms with E-state index in [9.17, 15) is 0 Å². The summed E-state index contributed by atoms with van der Waals surface area (Å²) in [6, 6.07) is 19.6. The fourth-order valence-corrected chi connectivity index (χ4v) is 2.25. The van der Waals surface area contributed by atoms with Crippen LogP contribution in [0.3, 0.4) is 0 Å². The molecule has 0 unspecified atom stereocenters. The summed E-state index contributed by atoms with van der Waals surface area (Å²) < 4.78 is 11.4. The van der Waals surface area contributed by atoms with Crippen molar-refractivity contribution in [2.45, 2.75) is 6.54 Å². The maximum absolute atomic E-state index is 5.71. The maximum atomic E-state index is 5.71. The first-order valence-corrected chi connectivity index (χ1v) is 6.99. The first-order chi connectivity index (χ1) is 10.9. The standard InChI is InChI=1S/C17H13N3O2/c1-2-7-13(8-3-1)18-11-16-19-20-17(22-16)15-10-12-6-4-5-9-14(12)21-15/h1-10,18H,11H2. The maximum Gasteiger partial charge on any atom is 0.283 e. The zero-order valence-electron chi connectivity index (χ0n) is 11.7. The summed E-state index contributed by atoms with van der Waals surface area (Å²) in [5.74, 6) is 1.49. The number of benzene rings is 2. The molecular weight excluding hydrogens is 278 g/mol. The predicted molar refractivity (Wildman–Crippen MR) is 83.3 cm³/mol. The van der Waals surface area contributed by atoms with Crippen LogP contribution in [0.25, 0.3) is 22.6 Å². The molecule has 108 valence electrons. The summed E-state index contributed by atoms with van der Waals surface area (Å²) in [6.07, 6.45) is 0. The Morgan fingerprint density at radius 3 is 2.55 bits per heavy atom. The minimum atomic E-state index is 0.390. The van der Waals surface area contributed by atoms with Crippen molar-refractivity contribution in [3.63, 3.8) is 0 Å². The van der Waals surface area contributed by atoms with Crippen LogP contribution in [-0.2, 0) is 6.54 Å². The smallest absolute Gasteiger partial charge is 0.283 e. The molecule has 0 radical (unpaired) electrons. The summed E-state index contributed by atoms with van der Waals surface area (Å²) in [5.41, 5.74) is 1.81. The highest BCUT2D eigenvalue weighted by Crippen LogP contribution is 2.26. The number of hydrogen-bond acceptors (Lipinski definition) is 5. The van der Waals surface area contributed by atoms with Crippen molar-refractivity contribution in [2.24, 2.45) is 0 Å². The lowest BCUT2D eigenvalue weighted by Gasteiger charge is -2.01. The van der Waals surface area contributed by atoms with Gasteiger partial charge in [-0.05, 0) is 24.3 Å². The number of fused-ring (bicyclic) bond motifs is 1. The summed E-state index contributed by atoms with van der Waals surface area (Å²) in [6.45, 7) is 0.469. The van der Waals surface area contributed by atoms with Crippen LogP contribution in [0, 0.1) is 0 Å². The molecule has 4 rings (SSSR count). The molecule has 2 aromatic heterocycles. The van der Waals surface area contributed by atoms with Gasteiger partial charge in [-0.1, -0.05) is 36.4 Å². The van der Waals surface area contributed by atoms with Gasteiger partial charge in [0.15, 0.2) is 5.76 Å². The van der Waals surface area contributed by atoms with Gasteiger partial charge in [0.05, 0.1) is 6.54 Å². The van der Waals surface area contributed by atoms with E-state index < -0.39 is 0 Å². The number of para-hydroxylation sites is 2. The average Bonchev–Trinajstić information content (AvgIpc) is 3.20. The first-order valence-electron chi connectivity index (χ1n) is 6.99. The monoisotopic (exact) mass is 291 g/mol. The summed E-state index contributed by atoms with van der Waals surface area (Å²) in [5, 5.41) is 12.3. The van der Waals surface area contributed by atoms with Crippen molar-refractivity contribution in [1.82, 2.24) is 10.2 Å². The Morgan fingerprint density at radius 1 is 0.864 bits per heavy atom. The van der Waals surface area contributed by atoms with Crippen molar-refractivity contribution < 1.29 is 8.83 Å². The van der Waals surface area contributed by atoms with Gasteiger partial charge in [0.25, 0.3) is 5.89 Å². The Kier molecular flexibility index (Phi) is 3.08. The fourth-order valence-electron chi connectivity index (χ4n) is 2.25. The molecule has 2 aromatic carbocycles. The topological polar surface area (TPSA) is 64.1 Å². The van der Waals surface area contributed by atoms with Crippen LogP contribution in [0.5, 0.6) is 0 Å². The molecule has 2 heterocycles. The summed E-state index contributed by atoms with van der Waals surface area (Å²) in [4.78, 5) is 0. The van der Waals surface area contributed by atoms with Gasteiger partial charge in [0.1, 0.15) is 5.58 Å². The number of rotatable bonds is 4. The third-order valence-electron chi connectivity index (χ3n) is 3.32. The van der Waals surface area contributed by atoms with Crippen LogP contribution in [0.2, 0.25) is 0 Å². The van der Waals surface area contributed by atoms with Crippen LogP contribution >= 0.6 is 0 Å². The van der Waals surface area contributed by atoms with E-state index in [0.717, 1.165) is 16.7 Å². The molecule has 0 aliphatic heterocycles. The summed E-state index contributed by atoms with van der Waals surface area (Å²) in [7, 11) is 0. The molecule has 22 heavy (non-hydrogen) atoms. The number of anilines is 1. The highest BCUT2D eigenvalue weighted by molar-refractivity contribution is 5.81. The molecule has 0 saturated carbocycles.